The van der Waals surface area contributed by atoms with Crippen LogP contribution in [0.2, 0.25) is 0 Å². The molecule has 0 N–H and O–H groups in total. The SMILES string of the molecule is C=Cc1c(/C=C\C)c2ccc(N(c3ccccc3)c3ccc(-c4ccc(-c5ccc(N(c6ccccc6)c6ccc7c8ccccc8c8ccccc8c7c6)cc5)cc4)cc3)cc2c2ccccc12. The van der Waals surface area contributed by atoms with Crippen molar-refractivity contribution in [1.82, 2.24) is 0 Å². The molecular weight excluding hydrogens is 833 g/mol. The number of hydrogen-bond donors (Lipinski definition) is 0. The highest BCUT2D eigenvalue weighted by Crippen LogP contribution is 2.43. The maximum absolute atomic E-state index is 4.20. The first-order valence-corrected chi connectivity index (χ1v) is 23.7. The second kappa shape index (κ2) is 17.7. The standard InChI is InChI=1S/C67H48N2/c1-3-17-57-56(4-2)58-22-11-15-26-62(58)66-44-54(40-42-64(57)66)68(50-18-7-5-8-19-50)52-36-32-48(33-37-52)46-28-30-47(31-29-46)49-34-38-53(39-35-49)69(51-20-9-6-10-21-51)55-41-43-65-61-25-13-12-23-59(61)60-24-14-16-27-63(60)67(65)45-55/h3-45H,2H2,1H3/b17-3-. The summed E-state index contributed by atoms with van der Waals surface area (Å²) in [7, 11) is 0. The highest BCUT2D eigenvalue weighted by molar-refractivity contribution is 6.26. The number of hydrogen-bond acceptors (Lipinski definition) is 2. The molecule has 0 aliphatic heterocycles. The zero-order chi connectivity index (χ0) is 46.3. The molecule has 2 nitrogen and oxygen atoms in total. The average molecular weight is 881 g/mol. The molecule has 12 aromatic carbocycles. The molecule has 69 heavy (non-hydrogen) atoms. The Morgan fingerprint density at radius 2 is 0.565 bits per heavy atom. The third-order valence-electron chi connectivity index (χ3n) is 13.7. The number of nitrogens with zero attached hydrogens (tertiary/aromatic N) is 2. The number of anilines is 6. The van der Waals surface area contributed by atoms with Crippen LogP contribution in [0.5, 0.6) is 0 Å². The van der Waals surface area contributed by atoms with Gasteiger partial charge in [-0.2, -0.15) is 0 Å². The number of para-hydroxylation sites is 2. The van der Waals surface area contributed by atoms with Crippen molar-refractivity contribution in [2.24, 2.45) is 0 Å². The fraction of sp³-hybridized carbons (Fsp3) is 0.0149. The highest BCUT2D eigenvalue weighted by atomic mass is 15.1. The molecule has 2 heteroatoms. The predicted octanol–water partition coefficient (Wildman–Crippen LogP) is 19.4. The summed E-state index contributed by atoms with van der Waals surface area (Å²) < 4.78 is 0. The van der Waals surface area contributed by atoms with Crippen molar-refractivity contribution in [2.75, 3.05) is 9.80 Å². The van der Waals surface area contributed by atoms with Crippen LogP contribution in [0.15, 0.2) is 255 Å². The first-order valence-electron chi connectivity index (χ1n) is 23.7. The molecule has 0 bridgehead atoms. The second-order valence-electron chi connectivity index (χ2n) is 17.6. The molecule has 326 valence electrons. The topological polar surface area (TPSA) is 6.48 Å². The molecule has 0 amide bonds. The molecule has 0 aliphatic rings. The van der Waals surface area contributed by atoms with Gasteiger partial charge in [-0.3, -0.25) is 0 Å². The van der Waals surface area contributed by atoms with Crippen LogP contribution < -0.4 is 9.80 Å². The summed E-state index contributed by atoms with van der Waals surface area (Å²) in [6.45, 7) is 6.28. The van der Waals surface area contributed by atoms with E-state index >= 15 is 0 Å². The Kier molecular flexibility index (Phi) is 10.6. The van der Waals surface area contributed by atoms with Gasteiger partial charge in [-0.05, 0) is 167 Å². The molecule has 0 saturated heterocycles. The summed E-state index contributed by atoms with van der Waals surface area (Å²) >= 11 is 0. The molecule has 0 aliphatic carbocycles. The first-order chi connectivity index (χ1) is 34.1. The maximum atomic E-state index is 4.20. The van der Waals surface area contributed by atoms with Crippen LogP contribution in [0.3, 0.4) is 0 Å². The van der Waals surface area contributed by atoms with Crippen LogP contribution in [-0.2, 0) is 0 Å². The normalized spacial score (nSPS) is 11.6. The van der Waals surface area contributed by atoms with Gasteiger partial charge < -0.3 is 9.80 Å². The molecule has 0 saturated carbocycles. The lowest BCUT2D eigenvalue weighted by Gasteiger charge is -2.26. The molecule has 0 unspecified atom stereocenters. The minimum Gasteiger partial charge on any atom is -0.310 e. The van der Waals surface area contributed by atoms with Gasteiger partial charge in [0, 0.05) is 34.1 Å². The van der Waals surface area contributed by atoms with Crippen LogP contribution in [0, 0.1) is 0 Å². The third kappa shape index (κ3) is 7.40. The Balaban J connectivity index is 0.852. The minimum absolute atomic E-state index is 1.09. The van der Waals surface area contributed by atoms with Crippen molar-refractivity contribution in [2.45, 2.75) is 6.92 Å². The van der Waals surface area contributed by atoms with Crippen LogP contribution in [-0.4, -0.2) is 0 Å². The zero-order valence-corrected chi connectivity index (χ0v) is 38.4. The smallest absolute Gasteiger partial charge is 0.0468 e. The third-order valence-corrected chi connectivity index (χ3v) is 13.7. The van der Waals surface area contributed by atoms with Crippen LogP contribution in [0.1, 0.15) is 18.1 Å². The van der Waals surface area contributed by atoms with Crippen molar-refractivity contribution in [3.8, 4) is 22.3 Å². The van der Waals surface area contributed by atoms with Crippen molar-refractivity contribution >= 4 is 100 Å². The fourth-order valence-corrected chi connectivity index (χ4v) is 10.5. The van der Waals surface area contributed by atoms with E-state index in [4.69, 9.17) is 0 Å². The van der Waals surface area contributed by atoms with Gasteiger partial charge in [0.1, 0.15) is 0 Å². The van der Waals surface area contributed by atoms with E-state index in [2.05, 4.69) is 278 Å². The lowest BCUT2D eigenvalue weighted by molar-refractivity contribution is 1.29. The number of allylic oxidation sites excluding steroid dienone is 1. The molecular formula is C67H48N2. The largest absolute Gasteiger partial charge is 0.310 e. The van der Waals surface area contributed by atoms with Crippen LogP contribution in [0.4, 0.5) is 34.1 Å². The number of benzene rings is 12. The van der Waals surface area contributed by atoms with Gasteiger partial charge in [-0.25, -0.2) is 0 Å². The van der Waals surface area contributed by atoms with Gasteiger partial charge in [0.15, 0.2) is 0 Å². The summed E-state index contributed by atoms with van der Waals surface area (Å²) in [6, 6.07) is 88.2. The van der Waals surface area contributed by atoms with Crippen molar-refractivity contribution in [3.63, 3.8) is 0 Å². The molecule has 0 heterocycles. The van der Waals surface area contributed by atoms with Crippen molar-refractivity contribution in [3.05, 3.63) is 266 Å². The van der Waals surface area contributed by atoms with Crippen molar-refractivity contribution < 1.29 is 0 Å². The van der Waals surface area contributed by atoms with E-state index in [0.29, 0.717) is 0 Å². The minimum atomic E-state index is 1.09. The monoisotopic (exact) mass is 880 g/mol. The molecule has 0 aromatic heterocycles. The van der Waals surface area contributed by atoms with Gasteiger partial charge in [-0.15, -0.1) is 0 Å². The number of fused-ring (bicyclic) bond motifs is 9. The van der Waals surface area contributed by atoms with E-state index in [0.717, 1.165) is 39.7 Å². The van der Waals surface area contributed by atoms with Gasteiger partial charge in [0.2, 0.25) is 0 Å². The van der Waals surface area contributed by atoms with Gasteiger partial charge in [0.05, 0.1) is 0 Å². The Morgan fingerprint density at radius 3 is 0.986 bits per heavy atom. The lowest BCUT2D eigenvalue weighted by atomic mass is 9.91. The summed E-state index contributed by atoms with van der Waals surface area (Å²) in [5.74, 6) is 0. The van der Waals surface area contributed by atoms with E-state index in [1.54, 1.807) is 0 Å². The highest BCUT2D eigenvalue weighted by Gasteiger charge is 2.18. The fourth-order valence-electron chi connectivity index (χ4n) is 10.5. The second-order valence-corrected chi connectivity index (χ2v) is 17.6. The number of rotatable bonds is 10. The molecule has 0 spiro atoms. The summed E-state index contributed by atoms with van der Waals surface area (Å²) in [6.07, 6.45) is 6.31. The van der Waals surface area contributed by atoms with E-state index < -0.39 is 0 Å². The Bertz CT molecular complexity index is 3850. The summed E-state index contributed by atoms with van der Waals surface area (Å²) in [5.41, 5.74) is 13.7. The summed E-state index contributed by atoms with van der Waals surface area (Å²) in [5, 5.41) is 12.5. The quantitative estimate of drug-likeness (QED) is 0.126. The molecule has 12 aromatic rings. The molecule has 12 rings (SSSR count). The molecule has 0 fully saturated rings. The zero-order valence-electron chi connectivity index (χ0n) is 38.4. The Morgan fingerprint density at radius 1 is 0.275 bits per heavy atom. The summed E-state index contributed by atoms with van der Waals surface area (Å²) in [4.78, 5) is 4.71. The van der Waals surface area contributed by atoms with Gasteiger partial charge in [-0.1, -0.05) is 195 Å². The average Bonchev–Trinajstić information content (AvgIpc) is 3.42. The van der Waals surface area contributed by atoms with E-state index in [1.807, 2.05) is 6.08 Å². The van der Waals surface area contributed by atoms with Gasteiger partial charge in [0.25, 0.3) is 0 Å². The predicted molar refractivity (Wildman–Crippen MR) is 299 cm³/mol. The Labute approximate surface area is 403 Å². The van der Waals surface area contributed by atoms with E-state index in [-0.39, 0.29) is 0 Å². The first kappa shape index (κ1) is 41.5. The lowest BCUT2D eigenvalue weighted by Crippen LogP contribution is -2.09. The Hall–Kier alpha value is -8.98. The van der Waals surface area contributed by atoms with Crippen LogP contribution >= 0.6 is 0 Å². The van der Waals surface area contributed by atoms with E-state index in [1.165, 1.54) is 81.7 Å². The molecule has 0 radical (unpaired) electrons. The maximum Gasteiger partial charge on any atom is 0.0468 e. The van der Waals surface area contributed by atoms with Gasteiger partial charge >= 0.3 is 0 Å². The van der Waals surface area contributed by atoms with Crippen molar-refractivity contribution in [1.29, 1.82) is 0 Å². The van der Waals surface area contributed by atoms with E-state index in [9.17, 15) is 0 Å². The molecule has 0 atom stereocenters. The van der Waals surface area contributed by atoms with Crippen LogP contribution in [0.25, 0.3) is 88.3 Å².